The molecule has 156 valence electrons. The molecule has 4 rings (SSSR count). The number of nitrogens with zero attached hydrogens (tertiary/aromatic N) is 2. The maximum atomic E-state index is 12.7. The number of carbonyl (C=O) groups is 1. The Morgan fingerprint density at radius 2 is 1.68 bits per heavy atom. The van der Waals surface area contributed by atoms with Gasteiger partial charge in [-0.2, -0.15) is 5.10 Å². The van der Waals surface area contributed by atoms with Gasteiger partial charge in [0.15, 0.2) is 0 Å². The summed E-state index contributed by atoms with van der Waals surface area (Å²) in [6, 6.07) is 21.4. The summed E-state index contributed by atoms with van der Waals surface area (Å²) >= 11 is 1.70. The van der Waals surface area contributed by atoms with Gasteiger partial charge in [0.2, 0.25) is 5.91 Å². The molecule has 0 spiro atoms. The topological polar surface area (TPSA) is 64.0 Å². The number of aryl methyl sites for hydroxylation is 3. The summed E-state index contributed by atoms with van der Waals surface area (Å²) in [5.74, 6) is -0.292. The Morgan fingerprint density at radius 3 is 2.42 bits per heavy atom. The molecule has 0 aliphatic carbocycles. The molecule has 0 saturated heterocycles. The fourth-order valence-electron chi connectivity index (χ4n) is 3.40. The first-order valence-electron chi connectivity index (χ1n) is 10.0. The maximum Gasteiger partial charge on any atom is 0.275 e. The number of amides is 1. The molecule has 0 fully saturated rings. The monoisotopic (exact) mass is 429 g/mol. The van der Waals surface area contributed by atoms with E-state index in [0.29, 0.717) is 11.1 Å². The highest BCUT2D eigenvalue weighted by atomic mass is 32.2. The summed E-state index contributed by atoms with van der Waals surface area (Å²) in [6.45, 7) is 5.88. The molecule has 5 nitrogen and oxygen atoms in total. The van der Waals surface area contributed by atoms with Crippen LogP contribution in [0.2, 0.25) is 0 Å². The molecule has 4 aromatic rings. The lowest BCUT2D eigenvalue weighted by atomic mass is 10.1. The van der Waals surface area contributed by atoms with E-state index in [-0.39, 0.29) is 18.0 Å². The molecule has 0 atom stereocenters. The summed E-state index contributed by atoms with van der Waals surface area (Å²) in [4.78, 5) is 27.5. The van der Waals surface area contributed by atoms with Crippen LogP contribution in [-0.4, -0.2) is 15.7 Å². The van der Waals surface area contributed by atoms with E-state index in [1.807, 2.05) is 49.4 Å². The summed E-state index contributed by atoms with van der Waals surface area (Å²) in [5.41, 5.74) is 3.59. The Hall–Kier alpha value is -3.38. The summed E-state index contributed by atoms with van der Waals surface area (Å²) in [7, 11) is 0. The van der Waals surface area contributed by atoms with Gasteiger partial charge in [0.1, 0.15) is 6.54 Å². The van der Waals surface area contributed by atoms with Crippen molar-refractivity contribution in [3.8, 4) is 0 Å². The Labute approximate surface area is 185 Å². The third kappa shape index (κ3) is 4.70. The average molecular weight is 430 g/mol. The number of benzene rings is 3. The molecule has 1 N–H and O–H groups in total. The van der Waals surface area contributed by atoms with Crippen molar-refractivity contribution >= 4 is 34.1 Å². The van der Waals surface area contributed by atoms with Crippen LogP contribution in [0.25, 0.3) is 10.8 Å². The fourth-order valence-corrected chi connectivity index (χ4v) is 4.40. The van der Waals surface area contributed by atoms with Gasteiger partial charge in [0.05, 0.1) is 11.1 Å². The van der Waals surface area contributed by atoms with Crippen LogP contribution >= 0.6 is 11.8 Å². The number of anilines is 1. The lowest BCUT2D eigenvalue weighted by molar-refractivity contribution is -0.117. The second-order valence-corrected chi connectivity index (χ2v) is 8.65. The molecule has 1 heterocycles. The van der Waals surface area contributed by atoms with E-state index < -0.39 is 0 Å². The predicted octanol–water partition coefficient (Wildman–Crippen LogP) is 5.11. The zero-order chi connectivity index (χ0) is 22.0. The molecule has 0 saturated carbocycles. The van der Waals surface area contributed by atoms with Crippen LogP contribution < -0.4 is 10.9 Å². The third-order valence-electron chi connectivity index (χ3n) is 5.06. The van der Waals surface area contributed by atoms with Gasteiger partial charge >= 0.3 is 0 Å². The van der Waals surface area contributed by atoms with Gasteiger partial charge < -0.3 is 5.32 Å². The van der Waals surface area contributed by atoms with E-state index in [0.717, 1.165) is 16.0 Å². The molecule has 0 unspecified atom stereocenters. The first-order chi connectivity index (χ1) is 14.9. The zero-order valence-corrected chi connectivity index (χ0v) is 18.5. The van der Waals surface area contributed by atoms with Crippen molar-refractivity contribution in [2.75, 3.05) is 5.32 Å². The van der Waals surface area contributed by atoms with Gasteiger partial charge in [0.25, 0.3) is 5.56 Å². The molecule has 1 amide bonds. The number of hydrogen-bond donors (Lipinski definition) is 1. The minimum Gasteiger partial charge on any atom is -0.324 e. The van der Waals surface area contributed by atoms with Crippen LogP contribution in [0.1, 0.15) is 16.8 Å². The second kappa shape index (κ2) is 8.78. The van der Waals surface area contributed by atoms with E-state index in [1.165, 1.54) is 20.7 Å². The molecule has 0 radical (unpaired) electrons. The van der Waals surface area contributed by atoms with Crippen molar-refractivity contribution in [1.29, 1.82) is 0 Å². The number of fused-ring (bicyclic) bond motifs is 1. The normalized spacial score (nSPS) is 10.9. The molecular formula is C25H23N3O2S. The van der Waals surface area contributed by atoms with E-state index in [1.54, 1.807) is 17.8 Å². The second-order valence-electron chi connectivity index (χ2n) is 7.54. The number of nitrogens with one attached hydrogen (secondary N) is 1. The smallest absolute Gasteiger partial charge is 0.275 e. The van der Waals surface area contributed by atoms with Crippen LogP contribution in [0.3, 0.4) is 0 Å². The van der Waals surface area contributed by atoms with Gasteiger partial charge in [0, 0.05) is 20.9 Å². The molecule has 1 aromatic heterocycles. The minimum absolute atomic E-state index is 0.135. The average Bonchev–Trinajstić information content (AvgIpc) is 2.76. The number of hydrogen-bond acceptors (Lipinski definition) is 4. The summed E-state index contributed by atoms with van der Waals surface area (Å²) < 4.78 is 1.22. The van der Waals surface area contributed by atoms with Crippen molar-refractivity contribution < 1.29 is 4.79 Å². The van der Waals surface area contributed by atoms with Gasteiger partial charge in [-0.15, -0.1) is 0 Å². The van der Waals surface area contributed by atoms with Gasteiger partial charge in [-0.25, -0.2) is 4.68 Å². The van der Waals surface area contributed by atoms with Crippen molar-refractivity contribution in [2.45, 2.75) is 37.1 Å². The third-order valence-corrected chi connectivity index (χ3v) is 6.22. The van der Waals surface area contributed by atoms with Gasteiger partial charge in [-0.1, -0.05) is 42.1 Å². The highest BCUT2D eigenvalue weighted by Crippen LogP contribution is 2.31. The standard InChI is InChI=1S/C25H23N3O2S/c1-16-8-9-17(2)23(14-16)31-20-12-10-19(11-13-20)26-24(29)15-28-25(30)22-7-5-4-6-21(22)18(3)27-28/h4-14H,15H2,1-3H3,(H,26,29). The highest BCUT2D eigenvalue weighted by Gasteiger charge is 2.11. The first kappa shape index (κ1) is 20.9. The van der Waals surface area contributed by atoms with Gasteiger partial charge in [-0.3, -0.25) is 9.59 Å². The number of aromatic nitrogens is 2. The van der Waals surface area contributed by atoms with Crippen molar-refractivity contribution in [3.63, 3.8) is 0 Å². The maximum absolute atomic E-state index is 12.7. The van der Waals surface area contributed by atoms with E-state index >= 15 is 0 Å². The summed E-state index contributed by atoms with van der Waals surface area (Å²) in [5, 5.41) is 8.52. The minimum atomic E-state index is -0.292. The molecular weight excluding hydrogens is 406 g/mol. The fraction of sp³-hybridized carbons (Fsp3) is 0.160. The van der Waals surface area contributed by atoms with Crippen LogP contribution in [0.15, 0.2) is 81.3 Å². The lowest BCUT2D eigenvalue weighted by Crippen LogP contribution is -2.30. The van der Waals surface area contributed by atoms with Crippen molar-refractivity contribution in [2.24, 2.45) is 0 Å². The largest absolute Gasteiger partial charge is 0.324 e. The Balaban J connectivity index is 1.46. The quantitative estimate of drug-likeness (QED) is 0.479. The van der Waals surface area contributed by atoms with Crippen LogP contribution in [-0.2, 0) is 11.3 Å². The molecule has 0 aliphatic rings. The van der Waals surface area contributed by atoms with Gasteiger partial charge in [-0.05, 0) is 68.3 Å². The number of carbonyl (C=O) groups excluding carboxylic acids is 1. The molecule has 31 heavy (non-hydrogen) atoms. The van der Waals surface area contributed by atoms with Crippen LogP contribution in [0, 0.1) is 20.8 Å². The first-order valence-corrected chi connectivity index (χ1v) is 10.8. The lowest BCUT2D eigenvalue weighted by Gasteiger charge is -2.10. The van der Waals surface area contributed by atoms with Crippen LogP contribution in [0.5, 0.6) is 0 Å². The highest BCUT2D eigenvalue weighted by molar-refractivity contribution is 7.99. The van der Waals surface area contributed by atoms with E-state index in [9.17, 15) is 9.59 Å². The molecule has 3 aromatic carbocycles. The predicted molar refractivity (Wildman–Crippen MR) is 126 cm³/mol. The zero-order valence-electron chi connectivity index (χ0n) is 17.7. The molecule has 6 heteroatoms. The van der Waals surface area contributed by atoms with E-state index in [2.05, 4.69) is 42.5 Å². The molecule has 0 bridgehead atoms. The Kier molecular flexibility index (Phi) is 5.91. The molecule has 0 aliphatic heterocycles. The van der Waals surface area contributed by atoms with Crippen molar-refractivity contribution in [3.05, 3.63) is 93.9 Å². The SMILES string of the molecule is Cc1ccc(C)c(Sc2ccc(NC(=O)Cn3nc(C)c4ccccc4c3=O)cc2)c1. The van der Waals surface area contributed by atoms with Crippen molar-refractivity contribution in [1.82, 2.24) is 9.78 Å². The Bertz CT molecular complexity index is 1330. The Morgan fingerprint density at radius 1 is 0.968 bits per heavy atom. The van der Waals surface area contributed by atoms with Crippen LogP contribution in [0.4, 0.5) is 5.69 Å². The number of rotatable bonds is 5. The van der Waals surface area contributed by atoms with E-state index in [4.69, 9.17) is 0 Å². The summed E-state index contributed by atoms with van der Waals surface area (Å²) in [6.07, 6.45) is 0.